The number of rotatable bonds is 2. The highest BCUT2D eigenvalue weighted by molar-refractivity contribution is 6.42. The van der Waals surface area contributed by atoms with E-state index in [1.165, 1.54) is 6.20 Å². The monoisotopic (exact) mass is 254 g/mol. The Kier molecular flexibility index (Phi) is 3.17. The van der Waals surface area contributed by atoms with E-state index in [9.17, 15) is 0 Å². The molecular formula is C11H8Cl2N2O. The number of aromatic nitrogens is 1. The third kappa shape index (κ3) is 2.56. The molecule has 2 rings (SSSR count). The van der Waals surface area contributed by atoms with Gasteiger partial charge in [-0.1, -0.05) is 23.2 Å². The number of nitrogens with two attached hydrogens (primary N) is 1. The van der Waals surface area contributed by atoms with Gasteiger partial charge in [-0.25, -0.2) is 4.98 Å². The lowest BCUT2D eigenvalue weighted by Gasteiger charge is -2.06. The highest BCUT2D eigenvalue weighted by Crippen LogP contribution is 2.29. The Bertz CT molecular complexity index is 500. The average molecular weight is 255 g/mol. The van der Waals surface area contributed by atoms with Gasteiger partial charge in [0.2, 0.25) is 0 Å². The summed E-state index contributed by atoms with van der Waals surface area (Å²) in [6, 6.07) is 8.42. The van der Waals surface area contributed by atoms with Crippen LogP contribution < -0.4 is 10.5 Å². The van der Waals surface area contributed by atoms with Crippen molar-refractivity contribution in [3.8, 4) is 11.5 Å². The van der Waals surface area contributed by atoms with E-state index in [2.05, 4.69) is 4.98 Å². The molecule has 0 saturated carbocycles. The van der Waals surface area contributed by atoms with Crippen molar-refractivity contribution in [2.45, 2.75) is 0 Å². The average Bonchev–Trinajstić information content (AvgIpc) is 2.27. The van der Waals surface area contributed by atoms with Gasteiger partial charge in [-0.05, 0) is 24.3 Å². The number of benzene rings is 1. The summed E-state index contributed by atoms with van der Waals surface area (Å²) in [6.45, 7) is 0. The van der Waals surface area contributed by atoms with Gasteiger partial charge in [-0.2, -0.15) is 0 Å². The third-order valence-electron chi connectivity index (χ3n) is 1.89. The normalized spacial score (nSPS) is 10.1. The molecule has 3 nitrogen and oxygen atoms in total. The van der Waals surface area contributed by atoms with Crippen LogP contribution in [0.15, 0.2) is 36.5 Å². The Morgan fingerprint density at radius 2 is 1.75 bits per heavy atom. The summed E-state index contributed by atoms with van der Waals surface area (Å²) in [4.78, 5) is 3.91. The summed E-state index contributed by atoms with van der Waals surface area (Å²) in [7, 11) is 0. The van der Waals surface area contributed by atoms with Crippen LogP contribution >= 0.6 is 23.2 Å². The van der Waals surface area contributed by atoms with Crippen LogP contribution in [0.1, 0.15) is 0 Å². The van der Waals surface area contributed by atoms with Crippen LogP contribution in [0.4, 0.5) is 5.82 Å². The number of hydrogen-bond donors (Lipinski definition) is 1. The van der Waals surface area contributed by atoms with Gasteiger partial charge in [0.25, 0.3) is 0 Å². The maximum Gasteiger partial charge on any atom is 0.145 e. The predicted molar refractivity (Wildman–Crippen MR) is 65.2 cm³/mol. The van der Waals surface area contributed by atoms with Gasteiger partial charge in [0, 0.05) is 6.07 Å². The molecule has 1 aromatic carbocycles. The van der Waals surface area contributed by atoms with Crippen LogP contribution in [0.5, 0.6) is 11.5 Å². The minimum Gasteiger partial charge on any atom is -0.456 e. The molecule has 0 radical (unpaired) electrons. The summed E-state index contributed by atoms with van der Waals surface area (Å²) in [5, 5.41) is 0.937. The first kappa shape index (κ1) is 11.0. The van der Waals surface area contributed by atoms with Gasteiger partial charge in [0.15, 0.2) is 0 Å². The molecule has 0 spiro atoms. The first-order valence-electron chi connectivity index (χ1n) is 4.49. The SMILES string of the molecule is Nc1ccc(Oc2ccc(Cl)c(Cl)c2)cn1. The molecule has 0 aliphatic rings. The maximum absolute atomic E-state index is 5.86. The molecule has 5 heteroatoms. The fourth-order valence-electron chi connectivity index (χ4n) is 1.13. The van der Waals surface area contributed by atoms with Crippen molar-refractivity contribution in [1.29, 1.82) is 0 Å². The van der Waals surface area contributed by atoms with E-state index in [1.807, 2.05) is 0 Å². The number of nitrogens with zero attached hydrogens (tertiary/aromatic N) is 1. The Morgan fingerprint density at radius 3 is 2.38 bits per heavy atom. The summed E-state index contributed by atoms with van der Waals surface area (Å²) in [5.74, 6) is 1.63. The lowest BCUT2D eigenvalue weighted by atomic mass is 10.3. The number of nitrogen functional groups attached to an aromatic ring is 1. The summed E-state index contributed by atoms with van der Waals surface area (Å²) < 4.78 is 5.51. The van der Waals surface area contributed by atoms with Crippen molar-refractivity contribution in [1.82, 2.24) is 4.98 Å². The van der Waals surface area contributed by atoms with Crippen molar-refractivity contribution in [2.75, 3.05) is 5.73 Å². The molecule has 16 heavy (non-hydrogen) atoms. The smallest absolute Gasteiger partial charge is 0.145 e. The topological polar surface area (TPSA) is 48.1 Å². The van der Waals surface area contributed by atoms with Crippen LogP contribution in [0, 0.1) is 0 Å². The fourth-order valence-corrected chi connectivity index (χ4v) is 1.42. The molecular weight excluding hydrogens is 247 g/mol. The van der Waals surface area contributed by atoms with E-state index in [0.29, 0.717) is 27.4 Å². The molecule has 2 aromatic rings. The Labute approximate surface area is 103 Å². The minimum atomic E-state index is 0.446. The first-order chi connectivity index (χ1) is 7.65. The highest BCUT2D eigenvalue weighted by atomic mass is 35.5. The molecule has 82 valence electrons. The van der Waals surface area contributed by atoms with E-state index in [1.54, 1.807) is 30.3 Å². The number of anilines is 1. The zero-order chi connectivity index (χ0) is 11.5. The molecule has 0 atom stereocenters. The number of halogens is 2. The number of ether oxygens (including phenoxy) is 1. The second-order valence-corrected chi connectivity index (χ2v) is 3.91. The minimum absolute atomic E-state index is 0.446. The largest absolute Gasteiger partial charge is 0.456 e. The zero-order valence-electron chi connectivity index (χ0n) is 8.15. The second-order valence-electron chi connectivity index (χ2n) is 3.10. The second kappa shape index (κ2) is 4.60. The van der Waals surface area contributed by atoms with Crippen LogP contribution in [0.25, 0.3) is 0 Å². The van der Waals surface area contributed by atoms with Gasteiger partial charge in [-0.15, -0.1) is 0 Å². The molecule has 0 unspecified atom stereocenters. The van der Waals surface area contributed by atoms with E-state index >= 15 is 0 Å². The Hall–Kier alpha value is -1.45. The van der Waals surface area contributed by atoms with E-state index in [4.69, 9.17) is 33.7 Å². The third-order valence-corrected chi connectivity index (χ3v) is 2.63. The van der Waals surface area contributed by atoms with Crippen molar-refractivity contribution >= 4 is 29.0 Å². The highest BCUT2D eigenvalue weighted by Gasteiger charge is 2.01. The molecule has 2 N–H and O–H groups in total. The Morgan fingerprint density at radius 1 is 1.00 bits per heavy atom. The zero-order valence-corrected chi connectivity index (χ0v) is 9.66. The van der Waals surface area contributed by atoms with Crippen molar-refractivity contribution in [3.63, 3.8) is 0 Å². The summed E-state index contributed by atoms with van der Waals surface area (Å²) in [5.41, 5.74) is 5.46. The van der Waals surface area contributed by atoms with Crippen LogP contribution in [-0.4, -0.2) is 4.98 Å². The standard InChI is InChI=1S/C11H8Cl2N2O/c12-9-3-1-7(5-10(9)13)16-8-2-4-11(14)15-6-8/h1-6H,(H2,14,15). The molecule has 0 aliphatic carbocycles. The number of pyridine rings is 1. The van der Waals surface area contributed by atoms with E-state index in [-0.39, 0.29) is 0 Å². The molecule has 0 bridgehead atoms. The van der Waals surface area contributed by atoms with Gasteiger partial charge in [-0.3, -0.25) is 0 Å². The molecule has 0 aliphatic heterocycles. The fraction of sp³-hybridized carbons (Fsp3) is 0. The lowest BCUT2D eigenvalue weighted by molar-refractivity contribution is 0.480. The van der Waals surface area contributed by atoms with Gasteiger partial charge in [0.1, 0.15) is 17.3 Å². The van der Waals surface area contributed by atoms with Gasteiger partial charge < -0.3 is 10.5 Å². The van der Waals surface area contributed by atoms with Crippen LogP contribution in [-0.2, 0) is 0 Å². The first-order valence-corrected chi connectivity index (χ1v) is 5.25. The predicted octanol–water partition coefficient (Wildman–Crippen LogP) is 3.76. The Balaban J connectivity index is 2.20. The van der Waals surface area contributed by atoms with E-state index in [0.717, 1.165) is 0 Å². The lowest BCUT2D eigenvalue weighted by Crippen LogP contribution is -1.90. The van der Waals surface area contributed by atoms with Crippen molar-refractivity contribution in [3.05, 3.63) is 46.6 Å². The summed E-state index contributed by atoms with van der Waals surface area (Å²) in [6.07, 6.45) is 1.54. The van der Waals surface area contributed by atoms with E-state index < -0.39 is 0 Å². The quantitative estimate of drug-likeness (QED) is 0.888. The van der Waals surface area contributed by atoms with Gasteiger partial charge >= 0.3 is 0 Å². The number of hydrogen-bond acceptors (Lipinski definition) is 3. The molecule has 1 heterocycles. The summed E-state index contributed by atoms with van der Waals surface area (Å²) >= 11 is 11.6. The van der Waals surface area contributed by atoms with Crippen LogP contribution in [0.3, 0.4) is 0 Å². The van der Waals surface area contributed by atoms with Crippen molar-refractivity contribution in [2.24, 2.45) is 0 Å². The van der Waals surface area contributed by atoms with Gasteiger partial charge in [0.05, 0.1) is 16.2 Å². The van der Waals surface area contributed by atoms with Crippen LogP contribution in [0.2, 0.25) is 10.0 Å². The van der Waals surface area contributed by atoms with Crippen molar-refractivity contribution < 1.29 is 4.74 Å². The maximum atomic E-state index is 5.86. The molecule has 0 fully saturated rings. The molecule has 0 amide bonds. The molecule has 0 saturated heterocycles. The molecule has 1 aromatic heterocycles.